The summed E-state index contributed by atoms with van der Waals surface area (Å²) in [7, 11) is 1.16. The van der Waals surface area contributed by atoms with Gasteiger partial charge in [-0.25, -0.2) is 4.79 Å². The van der Waals surface area contributed by atoms with Crippen LogP contribution >= 0.6 is 0 Å². The van der Waals surface area contributed by atoms with Crippen LogP contribution in [0.2, 0.25) is 0 Å². The molecule has 0 saturated carbocycles. The molecule has 0 heterocycles. The Bertz CT molecular complexity index is 364. The molecule has 0 fully saturated rings. The van der Waals surface area contributed by atoms with Crippen LogP contribution in [0.4, 0.5) is 0 Å². The Labute approximate surface area is 140 Å². The molecule has 0 aliphatic carbocycles. The number of carbonyl (C=O) groups excluding carboxylic acids is 1. The van der Waals surface area contributed by atoms with E-state index in [-0.39, 0.29) is 5.76 Å². The van der Waals surface area contributed by atoms with Crippen LogP contribution in [-0.2, 0) is 9.53 Å². The number of esters is 1. The molecule has 0 bridgehead atoms. The Hall–Kier alpha value is -1.39. The Balaban J connectivity index is 3.57. The summed E-state index contributed by atoms with van der Waals surface area (Å²) in [6.07, 6.45) is 12.2. The molecule has 0 aliphatic rings. The lowest BCUT2D eigenvalue weighted by Gasteiger charge is -2.05. The Morgan fingerprint density at radius 3 is 1.87 bits per heavy atom. The lowest BCUT2D eigenvalue weighted by atomic mass is 10.0. The first-order chi connectivity index (χ1) is 11.0. The van der Waals surface area contributed by atoms with Crippen molar-refractivity contribution in [3.8, 4) is 0 Å². The minimum Gasteiger partial charge on any atom is -0.510 e. The predicted octanol–water partition coefficient (Wildman–Crippen LogP) is 5.64. The fourth-order valence-electron chi connectivity index (χ4n) is 2.51. The minimum absolute atomic E-state index is 0.267. The molecule has 0 radical (unpaired) electrons. The zero-order valence-electron chi connectivity index (χ0n) is 15.0. The molecule has 0 aromatic rings. The van der Waals surface area contributed by atoms with E-state index in [0.717, 1.165) is 32.3 Å². The first-order valence-electron chi connectivity index (χ1n) is 8.86. The maximum atomic E-state index is 11.2. The fraction of sp³-hybridized carbons (Fsp3) is 0.833. The number of carbonyl (C=O) groups is 1. The van der Waals surface area contributed by atoms with Gasteiger partial charge < -0.3 is 9.84 Å². The second-order valence-corrected chi connectivity index (χ2v) is 6.49. The fourth-order valence-corrected chi connectivity index (χ4v) is 2.51. The number of allylic oxidation sites excluding steroid dienone is 1. The first kappa shape index (κ1) is 21.6. The summed E-state index contributed by atoms with van der Waals surface area (Å²) in [5.41, 5.74) is -0.506. The van der Waals surface area contributed by atoms with Crippen molar-refractivity contribution in [2.75, 3.05) is 7.11 Å². The number of unbranched alkanes of at least 4 members (excludes halogenated alkanes) is 8. The predicted molar refractivity (Wildman–Crippen MR) is 93.1 cm³/mol. The summed E-state index contributed by atoms with van der Waals surface area (Å²) in [5.74, 6) is -0.332. The molecule has 1 N–H and O–H groups in total. The lowest BCUT2D eigenvalue weighted by Crippen LogP contribution is -2.05. The standard InChI is InChI=1S/C18H33NO4/c1-15(2)13-11-9-7-5-4-6-8-10-12-14-16(20)17(19-22)18(21)23-3/h15,20H,4-14H2,1-3H3/b17-16+. The van der Waals surface area contributed by atoms with Gasteiger partial charge in [0.05, 0.1) is 7.11 Å². The third-order valence-electron chi connectivity index (χ3n) is 3.94. The van der Waals surface area contributed by atoms with Gasteiger partial charge in [0.1, 0.15) is 5.76 Å². The van der Waals surface area contributed by atoms with Gasteiger partial charge in [-0.2, -0.15) is 0 Å². The van der Waals surface area contributed by atoms with Crippen molar-refractivity contribution in [1.29, 1.82) is 0 Å². The molecule has 23 heavy (non-hydrogen) atoms. The lowest BCUT2D eigenvalue weighted by molar-refractivity contribution is -0.136. The Morgan fingerprint density at radius 1 is 0.957 bits per heavy atom. The van der Waals surface area contributed by atoms with Crippen LogP contribution in [-0.4, -0.2) is 18.2 Å². The average molecular weight is 327 g/mol. The molecule has 0 saturated heterocycles. The third-order valence-corrected chi connectivity index (χ3v) is 3.94. The highest BCUT2D eigenvalue weighted by Crippen LogP contribution is 2.16. The van der Waals surface area contributed by atoms with Crippen molar-refractivity contribution in [3.63, 3.8) is 0 Å². The summed E-state index contributed by atoms with van der Waals surface area (Å²) < 4.78 is 4.39. The Kier molecular flexibility index (Phi) is 13.4. The maximum absolute atomic E-state index is 11.2. The summed E-state index contributed by atoms with van der Waals surface area (Å²) in [5, 5.41) is 12.2. The molecule has 0 aromatic carbocycles. The molecule has 0 unspecified atom stereocenters. The topological polar surface area (TPSA) is 76.0 Å². The summed E-state index contributed by atoms with van der Waals surface area (Å²) in [6.45, 7) is 4.54. The second kappa shape index (κ2) is 14.2. The molecule has 0 atom stereocenters. The minimum atomic E-state index is -0.880. The van der Waals surface area contributed by atoms with Gasteiger partial charge in [0.15, 0.2) is 0 Å². The van der Waals surface area contributed by atoms with Gasteiger partial charge in [0, 0.05) is 6.42 Å². The molecular formula is C18H33NO4. The van der Waals surface area contributed by atoms with E-state index in [9.17, 15) is 14.8 Å². The van der Waals surface area contributed by atoms with Crippen LogP contribution in [0.1, 0.15) is 84.5 Å². The van der Waals surface area contributed by atoms with Crippen LogP contribution in [0.25, 0.3) is 0 Å². The molecule has 5 heteroatoms. The number of aliphatic hydroxyl groups excluding tert-OH is 1. The largest absolute Gasteiger partial charge is 0.510 e. The number of hydrogen-bond donors (Lipinski definition) is 1. The highest BCUT2D eigenvalue weighted by Gasteiger charge is 2.16. The van der Waals surface area contributed by atoms with Crippen molar-refractivity contribution in [3.05, 3.63) is 16.4 Å². The van der Waals surface area contributed by atoms with Gasteiger partial charge in [-0.1, -0.05) is 71.6 Å². The molecule has 0 amide bonds. The van der Waals surface area contributed by atoms with E-state index in [1.165, 1.54) is 44.9 Å². The second-order valence-electron chi connectivity index (χ2n) is 6.49. The van der Waals surface area contributed by atoms with Crippen LogP contribution in [0.3, 0.4) is 0 Å². The summed E-state index contributed by atoms with van der Waals surface area (Å²) in [4.78, 5) is 21.7. The average Bonchev–Trinajstić information content (AvgIpc) is 2.52. The van der Waals surface area contributed by atoms with Gasteiger partial charge in [0.2, 0.25) is 5.70 Å². The van der Waals surface area contributed by atoms with E-state index in [4.69, 9.17) is 0 Å². The highest BCUT2D eigenvalue weighted by molar-refractivity contribution is 5.88. The van der Waals surface area contributed by atoms with Gasteiger partial charge >= 0.3 is 5.97 Å². The molecule has 0 rings (SSSR count). The molecule has 0 aliphatic heterocycles. The van der Waals surface area contributed by atoms with Crippen LogP contribution in [0.15, 0.2) is 16.6 Å². The number of nitrogens with zero attached hydrogens (tertiary/aromatic N) is 1. The zero-order chi connectivity index (χ0) is 17.5. The van der Waals surface area contributed by atoms with E-state index in [1.807, 2.05) is 0 Å². The van der Waals surface area contributed by atoms with Crippen LogP contribution < -0.4 is 0 Å². The SMILES string of the molecule is COC(=O)/C(N=O)=C(\O)CCCCCCCCCCCC(C)C. The number of ether oxygens (including phenoxy) is 1. The zero-order valence-corrected chi connectivity index (χ0v) is 15.0. The number of aliphatic hydroxyl groups is 1. The van der Waals surface area contributed by atoms with Crippen molar-refractivity contribution >= 4 is 5.97 Å². The quantitative estimate of drug-likeness (QED) is 0.147. The number of methoxy groups -OCH3 is 1. The normalized spacial score (nSPS) is 12.2. The van der Waals surface area contributed by atoms with E-state index in [1.54, 1.807) is 0 Å². The summed E-state index contributed by atoms with van der Waals surface area (Å²) in [6, 6.07) is 0. The number of rotatable bonds is 14. The Morgan fingerprint density at radius 2 is 1.43 bits per heavy atom. The van der Waals surface area contributed by atoms with Crippen molar-refractivity contribution in [2.45, 2.75) is 84.5 Å². The molecule has 0 spiro atoms. The van der Waals surface area contributed by atoms with Crippen LogP contribution in [0, 0.1) is 10.8 Å². The number of hydrogen-bond acceptors (Lipinski definition) is 5. The van der Waals surface area contributed by atoms with Crippen molar-refractivity contribution in [2.24, 2.45) is 11.1 Å². The van der Waals surface area contributed by atoms with Crippen molar-refractivity contribution < 1.29 is 14.6 Å². The number of nitroso groups, excluding NO2 is 1. The van der Waals surface area contributed by atoms with Gasteiger partial charge in [-0.3, -0.25) is 0 Å². The first-order valence-corrected chi connectivity index (χ1v) is 8.86. The smallest absolute Gasteiger partial charge is 0.363 e. The summed E-state index contributed by atoms with van der Waals surface area (Å²) >= 11 is 0. The van der Waals surface area contributed by atoms with E-state index in [2.05, 4.69) is 23.8 Å². The highest BCUT2D eigenvalue weighted by atomic mass is 16.5. The van der Waals surface area contributed by atoms with Gasteiger partial charge in [-0.15, -0.1) is 4.91 Å². The van der Waals surface area contributed by atoms with E-state index >= 15 is 0 Å². The van der Waals surface area contributed by atoms with E-state index < -0.39 is 11.7 Å². The van der Waals surface area contributed by atoms with Gasteiger partial charge in [0.25, 0.3) is 0 Å². The maximum Gasteiger partial charge on any atom is 0.363 e. The van der Waals surface area contributed by atoms with Gasteiger partial charge in [-0.05, 0) is 17.5 Å². The van der Waals surface area contributed by atoms with E-state index in [0.29, 0.717) is 6.42 Å². The van der Waals surface area contributed by atoms with Crippen LogP contribution in [0.5, 0.6) is 0 Å². The van der Waals surface area contributed by atoms with Crippen molar-refractivity contribution in [1.82, 2.24) is 0 Å². The molecule has 134 valence electrons. The molecule has 0 aromatic heterocycles. The molecular weight excluding hydrogens is 294 g/mol. The monoisotopic (exact) mass is 327 g/mol. The molecule has 5 nitrogen and oxygen atoms in total. The third kappa shape index (κ3) is 11.8.